The highest BCUT2D eigenvalue weighted by Crippen LogP contribution is 2.42. The average Bonchev–Trinajstić information content (AvgIpc) is 2.76. The Morgan fingerprint density at radius 3 is 2.89 bits per heavy atom. The second kappa shape index (κ2) is 5.24. The van der Waals surface area contributed by atoms with Crippen molar-refractivity contribution in [2.24, 2.45) is 0 Å². The minimum atomic E-state index is 0.534. The van der Waals surface area contributed by atoms with Gasteiger partial charge < -0.3 is 5.32 Å². The van der Waals surface area contributed by atoms with E-state index >= 15 is 0 Å². The Balaban J connectivity index is 1.63. The summed E-state index contributed by atoms with van der Waals surface area (Å²) in [6.07, 6.45) is 6.42. The van der Waals surface area contributed by atoms with Gasteiger partial charge >= 0.3 is 0 Å². The third-order valence-corrected chi connectivity index (χ3v) is 6.45. The Labute approximate surface area is 117 Å². The predicted octanol–water partition coefficient (Wildman–Crippen LogP) is 4.28. The van der Waals surface area contributed by atoms with Gasteiger partial charge in [-0.1, -0.05) is 24.6 Å². The van der Waals surface area contributed by atoms with Crippen molar-refractivity contribution in [1.29, 1.82) is 0 Å². The lowest BCUT2D eigenvalue weighted by molar-refractivity contribution is 0.346. The maximum atomic E-state index is 3.66. The monoisotopic (exact) mass is 277 g/mol. The van der Waals surface area contributed by atoms with Crippen LogP contribution in [0, 0.1) is 0 Å². The summed E-state index contributed by atoms with van der Waals surface area (Å²) in [7, 11) is 0. The highest BCUT2D eigenvalue weighted by Gasteiger charge is 2.35. The van der Waals surface area contributed by atoms with E-state index in [-0.39, 0.29) is 0 Å². The van der Waals surface area contributed by atoms with Crippen LogP contribution >= 0.6 is 23.1 Å². The predicted molar refractivity (Wildman–Crippen MR) is 83.6 cm³/mol. The zero-order valence-corrected chi connectivity index (χ0v) is 12.4. The zero-order chi connectivity index (χ0) is 12.4. The lowest BCUT2D eigenvalue weighted by Gasteiger charge is -2.40. The number of rotatable bonds is 5. The molecule has 1 aliphatic rings. The highest BCUT2D eigenvalue weighted by molar-refractivity contribution is 8.00. The van der Waals surface area contributed by atoms with E-state index in [1.165, 1.54) is 34.9 Å². The van der Waals surface area contributed by atoms with Crippen LogP contribution in [-0.4, -0.2) is 17.5 Å². The maximum absolute atomic E-state index is 3.66. The smallest absolute Gasteiger partial charge is 0.0346 e. The lowest BCUT2D eigenvalue weighted by atomic mass is 9.84. The third-order valence-electron chi connectivity index (χ3n) is 4.02. The molecule has 18 heavy (non-hydrogen) atoms. The molecule has 0 atom stereocenters. The molecule has 2 aromatic rings. The van der Waals surface area contributed by atoms with E-state index in [9.17, 15) is 0 Å². The van der Waals surface area contributed by atoms with Gasteiger partial charge in [-0.2, -0.15) is 11.8 Å². The van der Waals surface area contributed by atoms with Crippen LogP contribution < -0.4 is 5.32 Å². The Morgan fingerprint density at radius 1 is 1.33 bits per heavy atom. The molecule has 0 bridgehead atoms. The van der Waals surface area contributed by atoms with Crippen molar-refractivity contribution in [3.63, 3.8) is 0 Å². The van der Waals surface area contributed by atoms with E-state index in [4.69, 9.17) is 0 Å². The minimum absolute atomic E-state index is 0.534. The summed E-state index contributed by atoms with van der Waals surface area (Å²) >= 11 is 3.89. The molecule has 0 unspecified atom stereocenters. The summed E-state index contributed by atoms with van der Waals surface area (Å²) < 4.78 is 1.93. The maximum Gasteiger partial charge on any atom is 0.0346 e. The Kier molecular flexibility index (Phi) is 3.64. The van der Waals surface area contributed by atoms with Gasteiger partial charge in [0.2, 0.25) is 0 Å². The van der Waals surface area contributed by atoms with Gasteiger partial charge in [-0.05, 0) is 41.5 Å². The van der Waals surface area contributed by atoms with Gasteiger partial charge in [0.25, 0.3) is 0 Å². The molecule has 1 heterocycles. The van der Waals surface area contributed by atoms with E-state index < -0.39 is 0 Å². The van der Waals surface area contributed by atoms with Crippen molar-refractivity contribution in [2.45, 2.75) is 30.6 Å². The molecule has 0 aliphatic heterocycles. The molecule has 0 spiro atoms. The molecule has 0 radical (unpaired) electrons. The molecule has 1 nitrogen and oxygen atoms in total. The first-order valence-electron chi connectivity index (χ1n) is 6.54. The van der Waals surface area contributed by atoms with Crippen molar-refractivity contribution in [1.82, 2.24) is 5.32 Å². The van der Waals surface area contributed by atoms with Crippen LogP contribution in [0.2, 0.25) is 0 Å². The molecule has 1 aromatic carbocycles. The van der Waals surface area contributed by atoms with Gasteiger partial charge in [0.15, 0.2) is 0 Å². The van der Waals surface area contributed by atoms with E-state index in [0.717, 1.165) is 13.1 Å². The molecular formula is C15H19NS2. The summed E-state index contributed by atoms with van der Waals surface area (Å²) in [6.45, 7) is 2.16. The van der Waals surface area contributed by atoms with E-state index in [1.807, 2.05) is 23.1 Å². The second-order valence-corrected chi connectivity index (χ2v) is 7.29. The summed E-state index contributed by atoms with van der Waals surface area (Å²) in [5.74, 6) is 0. The van der Waals surface area contributed by atoms with Gasteiger partial charge in [0.05, 0.1) is 0 Å². The van der Waals surface area contributed by atoms with E-state index in [2.05, 4.69) is 41.2 Å². The summed E-state index contributed by atoms with van der Waals surface area (Å²) in [5.41, 5.74) is 1.45. The van der Waals surface area contributed by atoms with Crippen molar-refractivity contribution in [3.05, 3.63) is 35.2 Å². The van der Waals surface area contributed by atoms with Gasteiger partial charge in [-0.25, -0.2) is 0 Å². The standard InChI is InChI=1S/C15H19NS2/c1-17-15(7-4-8-15)11-16-9-12-10-18-14-6-3-2-5-13(12)14/h2-3,5-6,10,16H,4,7-9,11H2,1H3. The lowest BCUT2D eigenvalue weighted by Crippen LogP contribution is -2.43. The van der Waals surface area contributed by atoms with Crippen LogP contribution in [0.1, 0.15) is 24.8 Å². The van der Waals surface area contributed by atoms with Crippen LogP contribution in [0.25, 0.3) is 10.1 Å². The van der Waals surface area contributed by atoms with Gasteiger partial charge in [0, 0.05) is 22.5 Å². The molecule has 1 N–H and O–H groups in total. The van der Waals surface area contributed by atoms with Crippen LogP contribution in [0.5, 0.6) is 0 Å². The Morgan fingerprint density at radius 2 is 2.17 bits per heavy atom. The largest absolute Gasteiger partial charge is 0.311 e. The molecule has 1 saturated carbocycles. The Bertz CT molecular complexity index is 523. The summed E-state index contributed by atoms with van der Waals surface area (Å²) in [4.78, 5) is 0. The number of thioether (sulfide) groups is 1. The molecule has 96 valence electrons. The topological polar surface area (TPSA) is 12.0 Å². The fourth-order valence-corrected chi connectivity index (χ4v) is 4.52. The number of hydrogen-bond donors (Lipinski definition) is 1. The first-order valence-corrected chi connectivity index (χ1v) is 8.64. The van der Waals surface area contributed by atoms with Gasteiger partial charge in [0.1, 0.15) is 0 Å². The number of fused-ring (bicyclic) bond motifs is 1. The van der Waals surface area contributed by atoms with Crippen LogP contribution in [0.15, 0.2) is 29.6 Å². The molecule has 1 fully saturated rings. The number of thiophene rings is 1. The molecule has 0 amide bonds. The first-order chi connectivity index (χ1) is 8.83. The number of nitrogens with one attached hydrogen (secondary N) is 1. The van der Waals surface area contributed by atoms with Crippen molar-refractivity contribution >= 4 is 33.2 Å². The molecule has 3 rings (SSSR count). The van der Waals surface area contributed by atoms with Crippen LogP contribution in [0.4, 0.5) is 0 Å². The highest BCUT2D eigenvalue weighted by atomic mass is 32.2. The summed E-state index contributed by atoms with van der Waals surface area (Å²) in [6, 6.07) is 8.69. The number of benzene rings is 1. The molecular weight excluding hydrogens is 258 g/mol. The zero-order valence-electron chi connectivity index (χ0n) is 10.7. The molecule has 1 aliphatic carbocycles. The van der Waals surface area contributed by atoms with E-state index in [1.54, 1.807) is 0 Å². The normalized spacial score (nSPS) is 17.8. The minimum Gasteiger partial charge on any atom is -0.311 e. The van der Waals surface area contributed by atoms with Crippen molar-refractivity contribution in [2.75, 3.05) is 12.8 Å². The van der Waals surface area contributed by atoms with Gasteiger partial charge in [-0.15, -0.1) is 11.3 Å². The molecule has 0 saturated heterocycles. The van der Waals surface area contributed by atoms with Crippen LogP contribution in [-0.2, 0) is 6.54 Å². The number of hydrogen-bond acceptors (Lipinski definition) is 3. The Hall–Kier alpha value is -0.510. The second-order valence-electron chi connectivity index (χ2n) is 5.10. The fourth-order valence-electron chi connectivity index (χ4n) is 2.62. The van der Waals surface area contributed by atoms with Gasteiger partial charge in [-0.3, -0.25) is 0 Å². The fraction of sp³-hybridized carbons (Fsp3) is 0.467. The van der Waals surface area contributed by atoms with Crippen LogP contribution in [0.3, 0.4) is 0 Å². The summed E-state index contributed by atoms with van der Waals surface area (Å²) in [5, 5.41) is 7.37. The van der Waals surface area contributed by atoms with Crippen molar-refractivity contribution in [3.8, 4) is 0 Å². The quantitative estimate of drug-likeness (QED) is 0.875. The first kappa shape index (κ1) is 12.5. The van der Waals surface area contributed by atoms with Crippen molar-refractivity contribution < 1.29 is 0 Å². The molecule has 3 heteroatoms. The molecule has 1 aromatic heterocycles. The third kappa shape index (κ3) is 2.31. The average molecular weight is 277 g/mol. The van der Waals surface area contributed by atoms with E-state index in [0.29, 0.717) is 4.75 Å². The SMILES string of the molecule is CSC1(CNCc2csc3ccccc23)CCC1.